The van der Waals surface area contributed by atoms with Gasteiger partial charge in [0.2, 0.25) is 0 Å². The van der Waals surface area contributed by atoms with E-state index in [4.69, 9.17) is 0 Å². The van der Waals surface area contributed by atoms with Gasteiger partial charge in [0, 0.05) is 13.1 Å². The van der Waals surface area contributed by atoms with E-state index in [0.29, 0.717) is 0 Å². The minimum atomic E-state index is -0.916. The van der Waals surface area contributed by atoms with Crippen LogP contribution < -0.4 is 5.32 Å². The molecule has 0 saturated heterocycles. The molecule has 5 nitrogen and oxygen atoms in total. The third kappa shape index (κ3) is 5.77. The molecule has 0 bridgehead atoms. The first-order valence-corrected chi connectivity index (χ1v) is 9.11. The maximum Gasteiger partial charge on any atom is 0.326 e. The number of carboxylic acid groups (broad SMARTS) is 1. The van der Waals surface area contributed by atoms with E-state index in [2.05, 4.69) is 5.32 Å². The Morgan fingerprint density at radius 2 is 1.95 bits per heavy atom. The average Bonchev–Trinajstić information content (AvgIpc) is 2.49. The van der Waals surface area contributed by atoms with E-state index in [1.54, 1.807) is 23.7 Å². The number of hydrogen-bond donors (Lipinski definition) is 2. The lowest BCUT2D eigenvalue weighted by Crippen LogP contribution is -2.52. The average molecular weight is 316 g/mol. The summed E-state index contributed by atoms with van der Waals surface area (Å²) in [7, 11) is 1.74. The summed E-state index contributed by atoms with van der Waals surface area (Å²) in [6.45, 7) is 1.99. The van der Waals surface area contributed by atoms with Crippen LogP contribution in [0.3, 0.4) is 0 Å². The number of carboxylic acids is 1. The van der Waals surface area contributed by atoms with Crippen LogP contribution in [0.4, 0.5) is 4.79 Å². The highest BCUT2D eigenvalue weighted by atomic mass is 32.2. The summed E-state index contributed by atoms with van der Waals surface area (Å²) in [5.74, 6) is 0.138. The molecule has 1 fully saturated rings. The fraction of sp³-hybridized carbons (Fsp3) is 0.867. The highest BCUT2D eigenvalue weighted by Gasteiger charge is 2.31. The number of rotatable bonds is 7. The van der Waals surface area contributed by atoms with Gasteiger partial charge in [-0.1, -0.05) is 19.3 Å². The first kappa shape index (κ1) is 18.1. The molecule has 21 heavy (non-hydrogen) atoms. The van der Waals surface area contributed by atoms with Crippen molar-refractivity contribution in [1.29, 1.82) is 0 Å². The molecule has 0 aromatic rings. The number of carbonyl (C=O) groups is 2. The third-order valence-electron chi connectivity index (χ3n) is 4.39. The van der Waals surface area contributed by atoms with Gasteiger partial charge < -0.3 is 15.3 Å². The highest BCUT2D eigenvalue weighted by molar-refractivity contribution is 7.98. The molecule has 0 radical (unpaired) electrons. The molecule has 0 heterocycles. The number of carbonyl (C=O) groups excluding carboxylic acids is 1. The van der Waals surface area contributed by atoms with Crippen LogP contribution in [0, 0.1) is 5.92 Å². The molecular weight excluding hydrogens is 288 g/mol. The largest absolute Gasteiger partial charge is 0.480 e. The van der Waals surface area contributed by atoms with Gasteiger partial charge in [0.15, 0.2) is 0 Å². The van der Waals surface area contributed by atoms with E-state index < -0.39 is 12.0 Å². The van der Waals surface area contributed by atoms with Crippen LogP contribution in [-0.4, -0.2) is 53.1 Å². The molecule has 1 aliphatic carbocycles. The normalized spacial score (nSPS) is 18.8. The standard InChI is InChI=1S/C15H28N2O3S/c1-11(9-10-21-3)17(2)15(20)16-13(14(18)19)12-7-5-4-6-8-12/h11-13H,4-10H2,1-3H3,(H,16,20)(H,18,19). The Balaban J connectivity index is 2.57. The summed E-state index contributed by atoms with van der Waals surface area (Å²) in [5, 5.41) is 12.1. The van der Waals surface area contributed by atoms with E-state index in [0.717, 1.165) is 37.9 Å². The second kappa shape index (κ2) is 9.18. The Bertz CT molecular complexity index is 346. The van der Waals surface area contributed by atoms with Gasteiger partial charge in [0.1, 0.15) is 6.04 Å². The van der Waals surface area contributed by atoms with Crippen LogP contribution in [-0.2, 0) is 4.79 Å². The van der Waals surface area contributed by atoms with E-state index in [1.165, 1.54) is 6.42 Å². The number of nitrogens with one attached hydrogen (secondary N) is 1. The summed E-state index contributed by atoms with van der Waals surface area (Å²) in [6, 6.07) is -0.923. The van der Waals surface area contributed by atoms with Crippen LogP contribution in [0.15, 0.2) is 0 Å². The smallest absolute Gasteiger partial charge is 0.326 e. The molecule has 1 saturated carbocycles. The lowest BCUT2D eigenvalue weighted by atomic mass is 9.84. The van der Waals surface area contributed by atoms with E-state index in [1.807, 2.05) is 13.2 Å². The fourth-order valence-corrected chi connectivity index (χ4v) is 3.34. The monoisotopic (exact) mass is 316 g/mol. The molecule has 0 aliphatic heterocycles. The molecule has 6 heteroatoms. The number of nitrogens with zero attached hydrogens (tertiary/aromatic N) is 1. The van der Waals surface area contributed by atoms with Crippen molar-refractivity contribution in [2.75, 3.05) is 19.1 Å². The summed E-state index contributed by atoms with van der Waals surface area (Å²) >= 11 is 1.75. The van der Waals surface area contributed by atoms with Crippen molar-refractivity contribution in [1.82, 2.24) is 10.2 Å². The Hall–Kier alpha value is -0.910. The molecule has 1 rings (SSSR count). The van der Waals surface area contributed by atoms with Gasteiger partial charge in [0.05, 0.1) is 0 Å². The van der Waals surface area contributed by atoms with Crippen molar-refractivity contribution in [3.8, 4) is 0 Å². The zero-order valence-corrected chi connectivity index (χ0v) is 14.1. The number of hydrogen-bond acceptors (Lipinski definition) is 3. The van der Waals surface area contributed by atoms with E-state index >= 15 is 0 Å². The Kier molecular flexibility index (Phi) is 7.93. The van der Waals surface area contributed by atoms with Gasteiger partial charge >= 0.3 is 12.0 Å². The maximum absolute atomic E-state index is 12.2. The predicted molar refractivity (Wildman–Crippen MR) is 86.8 cm³/mol. The highest BCUT2D eigenvalue weighted by Crippen LogP contribution is 2.26. The molecule has 0 aromatic carbocycles. The van der Waals surface area contributed by atoms with Crippen LogP contribution >= 0.6 is 11.8 Å². The van der Waals surface area contributed by atoms with Crippen LogP contribution in [0.1, 0.15) is 45.4 Å². The van der Waals surface area contributed by atoms with Gasteiger partial charge in [-0.25, -0.2) is 9.59 Å². The first-order chi connectivity index (χ1) is 9.97. The SMILES string of the molecule is CSCCC(C)N(C)C(=O)NC(C(=O)O)C1CCCCC1. The van der Waals surface area contributed by atoms with Crippen molar-refractivity contribution in [3.63, 3.8) is 0 Å². The number of amides is 2. The predicted octanol–water partition coefficient (Wildman–Crippen LogP) is 2.80. The Morgan fingerprint density at radius 3 is 2.48 bits per heavy atom. The summed E-state index contributed by atoms with van der Waals surface area (Å²) in [6.07, 6.45) is 8.02. The Morgan fingerprint density at radius 1 is 1.33 bits per heavy atom. The number of aliphatic carboxylic acids is 1. The summed E-state index contributed by atoms with van der Waals surface area (Å²) in [5.41, 5.74) is 0. The quantitative estimate of drug-likeness (QED) is 0.758. The van der Waals surface area contributed by atoms with Gasteiger partial charge in [-0.05, 0) is 44.1 Å². The zero-order chi connectivity index (χ0) is 15.8. The third-order valence-corrected chi connectivity index (χ3v) is 5.03. The van der Waals surface area contributed by atoms with Gasteiger partial charge in [-0.3, -0.25) is 0 Å². The van der Waals surface area contributed by atoms with Crippen LogP contribution in [0.25, 0.3) is 0 Å². The zero-order valence-electron chi connectivity index (χ0n) is 13.3. The van der Waals surface area contributed by atoms with E-state index in [-0.39, 0.29) is 18.0 Å². The molecule has 2 N–H and O–H groups in total. The van der Waals surface area contributed by atoms with Crippen LogP contribution in [0.5, 0.6) is 0 Å². The van der Waals surface area contributed by atoms with Crippen molar-refractivity contribution in [3.05, 3.63) is 0 Å². The lowest BCUT2D eigenvalue weighted by molar-refractivity contribution is -0.141. The second-order valence-corrected chi connectivity index (χ2v) is 6.89. The molecule has 1 aliphatic rings. The molecule has 0 aromatic heterocycles. The molecular formula is C15H28N2O3S. The minimum absolute atomic E-state index is 0.0649. The second-order valence-electron chi connectivity index (χ2n) is 5.90. The van der Waals surface area contributed by atoms with E-state index in [9.17, 15) is 14.7 Å². The molecule has 0 spiro atoms. The molecule has 2 atom stereocenters. The van der Waals surface area contributed by atoms with Gasteiger partial charge in [-0.2, -0.15) is 11.8 Å². The van der Waals surface area contributed by atoms with Crippen molar-refractivity contribution >= 4 is 23.8 Å². The lowest BCUT2D eigenvalue weighted by Gasteiger charge is -2.31. The first-order valence-electron chi connectivity index (χ1n) is 7.72. The van der Waals surface area contributed by atoms with Gasteiger partial charge in [0.25, 0.3) is 0 Å². The molecule has 2 amide bonds. The summed E-state index contributed by atoms with van der Waals surface area (Å²) in [4.78, 5) is 25.3. The van der Waals surface area contributed by atoms with Crippen LogP contribution in [0.2, 0.25) is 0 Å². The molecule has 122 valence electrons. The van der Waals surface area contributed by atoms with Gasteiger partial charge in [-0.15, -0.1) is 0 Å². The van der Waals surface area contributed by atoms with Crippen molar-refractivity contribution in [2.45, 2.75) is 57.5 Å². The van der Waals surface area contributed by atoms with Crippen molar-refractivity contribution < 1.29 is 14.7 Å². The topological polar surface area (TPSA) is 69.6 Å². The number of thioether (sulfide) groups is 1. The molecule has 2 unspecified atom stereocenters. The fourth-order valence-electron chi connectivity index (χ4n) is 2.77. The number of urea groups is 1. The van der Waals surface area contributed by atoms with Crippen molar-refractivity contribution in [2.24, 2.45) is 5.92 Å². The maximum atomic E-state index is 12.2. The Labute approximate surface area is 131 Å². The summed E-state index contributed by atoms with van der Waals surface area (Å²) < 4.78 is 0. The minimum Gasteiger partial charge on any atom is -0.480 e.